The van der Waals surface area contributed by atoms with Crippen molar-refractivity contribution in [2.45, 2.75) is 12.6 Å². The average Bonchev–Trinajstić information content (AvgIpc) is 2.70. The number of fused-ring (bicyclic) bond motifs is 1. The number of amides is 1. The van der Waals surface area contributed by atoms with Crippen molar-refractivity contribution in [3.05, 3.63) is 65.7 Å². The van der Waals surface area contributed by atoms with Crippen LogP contribution < -0.4 is 4.90 Å². The fraction of sp³-hybridized carbons (Fsp3) is 0.125. The summed E-state index contributed by atoms with van der Waals surface area (Å²) in [5.41, 5.74) is -0.779. The van der Waals surface area contributed by atoms with Crippen LogP contribution >= 0.6 is 0 Å². The number of carbonyl (C=O) groups is 2. The van der Waals surface area contributed by atoms with Gasteiger partial charge in [-0.25, -0.2) is 0 Å². The van der Waals surface area contributed by atoms with Crippen LogP contribution in [0, 0.1) is 0 Å². The summed E-state index contributed by atoms with van der Waals surface area (Å²) in [6.07, 6.45) is 0. The van der Waals surface area contributed by atoms with Crippen LogP contribution in [-0.4, -0.2) is 16.8 Å². The number of anilines is 1. The quantitative estimate of drug-likeness (QED) is 0.860. The molecule has 1 heterocycles. The molecule has 0 radical (unpaired) electrons. The maximum absolute atomic E-state index is 12.6. The van der Waals surface area contributed by atoms with Gasteiger partial charge in [0.15, 0.2) is 0 Å². The number of Topliss-reactive ketones (excluding diaryl/α,β-unsaturated/α-hetero) is 1. The third-order valence-electron chi connectivity index (χ3n) is 3.52. The van der Waals surface area contributed by atoms with Gasteiger partial charge in [-0.1, -0.05) is 42.5 Å². The van der Waals surface area contributed by atoms with Crippen LogP contribution in [0.15, 0.2) is 54.6 Å². The molecular formula is C16H13NO3. The summed E-state index contributed by atoms with van der Waals surface area (Å²) >= 11 is 0. The molecule has 1 amide bonds. The fourth-order valence-corrected chi connectivity index (χ4v) is 2.65. The minimum absolute atomic E-state index is 0.356. The van der Waals surface area contributed by atoms with E-state index in [1.807, 2.05) is 0 Å². The summed E-state index contributed by atoms with van der Waals surface area (Å²) < 4.78 is 0. The number of para-hydroxylation sites is 1. The Labute approximate surface area is 116 Å². The van der Waals surface area contributed by atoms with Crippen molar-refractivity contribution in [1.82, 2.24) is 0 Å². The molecule has 1 aliphatic heterocycles. The van der Waals surface area contributed by atoms with E-state index in [0.717, 1.165) is 4.90 Å². The van der Waals surface area contributed by atoms with Crippen LogP contribution in [0.5, 0.6) is 0 Å². The average molecular weight is 267 g/mol. The van der Waals surface area contributed by atoms with Crippen LogP contribution in [0.3, 0.4) is 0 Å². The molecule has 100 valence electrons. The molecule has 4 heteroatoms. The van der Waals surface area contributed by atoms with E-state index >= 15 is 0 Å². The molecule has 0 bridgehead atoms. The topological polar surface area (TPSA) is 57.6 Å². The normalized spacial score (nSPS) is 20.9. The predicted molar refractivity (Wildman–Crippen MR) is 74.3 cm³/mol. The monoisotopic (exact) mass is 267 g/mol. The molecule has 1 atom stereocenters. The first-order valence-electron chi connectivity index (χ1n) is 6.29. The number of aliphatic hydroxyl groups is 1. The summed E-state index contributed by atoms with van der Waals surface area (Å²) in [5, 5.41) is 10.9. The van der Waals surface area contributed by atoms with E-state index in [0.29, 0.717) is 16.8 Å². The number of nitrogens with zero attached hydrogens (tertiary/aromatic N) is 1. The Morgan fingerprint density at radius 1 is 1.05 bits per heavy atom. The molecule has 1 N–H and O–H groups in total. The smallest absolute Gasteiger partial charge is 0.236 e. The predicted octanol–water partition coefficient (Wildman–Crippen LogP) is 2.08. The maximum Gasteiger partial charge on any atom is 0.236 e. The Hall–Kier alpha value is -2.46. The van der Waals surface area contributed by atoms with Crippen LogP contribution in [0.25, 0.3) is 0 Å². The Morgan fingerprint density at radius 2 is 1.65 bits per heavy atom. The molecule has 1 unspecified atom stereocenters. The first-order valence-corrected chi connectivity index (χ1v) is 6.29. The van der Waals surface area contributed by atoms with Crippen molar-refractivity contribution >= 4 is 17.4 Å². The Bertz CT molecular complexity index is 696. The molecule has 4 nitrogen and oxygen atoms in total. The van der Waals surface area contributed by atoms with Gasteiger partial charge in [0, 0.05) is 18.1 Å². The molecule has 0 saturated heterocycles. The molecule has 0 saturated carbocycles. The summed E-state index contributed by atoms with van der Waals surface area (Å²) in [4.78, 5) is 25.7. The first-order chi connectivity index (χ1) is 9.56. The zero-order valence-corrected chi connectivity index (χ0v) is 10.9. The van der Waals surface area contributed by atoms with E-state index in [2.05, 4.69) is 0 Å². The zero-order chi connectivity index (χ0) is 14.3. The highest BCUT2D eigenvalue weighted by Crippen LogP contribution is 2.43. The highest BCUT2D eigenvalue weighted by atomic mass is 16.3. The number of carbonyl (C=O) groups excluding carboxylic acids is 2. The van der Waals surface area contributed by atoms with Crippen molar-refractivity contribution in [2.75, 3.05) is 4.90 Å². The molecule has 20 heavy (non-hydrogen) atoms. The van der Waals surface area contributed by atoms with E-state index < -0.39 is 11.5 Å². The second-order valence-electron chi connectivity index (χ2n) is 4.74. The number of hydrogen-bond donors (Lipinski definition) is 1. The third-order valence-corrected chi connectivity index (χ3v) is 3.52. The molecule has 0 spiro atoms. The van der Waals surface area contributed by atoms with Gasteiger partial charge in [0.05, 0.1) is 5.69 Å². The van der Waals surface area contributed by atoms with Gasteiger partial charge in [-0.15, -0.1) is 0 Å². The van der Waals surface area contributed by atoms with Crippen LogP contribution in [0.1, 0.15) is 22.8 Å². The Balaban J connectivity index is 2.27. The van der Waals surface area contributed by atoms with Crippen molar-refractivity contribution in [1.29, 1.82) is 0 Å². The number of ketones is 1. The van der Waals surface area contributed by atoms with Crippen LogP contribution in [-0.2, 0) is 10.5 Å². The van der Waals surface area contributed by atoms with Gasteiger partial charge in [0.1, 0.15) is 0 Å². The highest BCUT2D eigenvalue weighted by Gasteiger charge is 2.53. The lowest BCUT2D eigenvalue weighted by molar-refractivity contribution is -0.120. The van der Waals surface area contributed by atoms with Gasteiger partial charge in [-0.05, 0) is 12.1 Å². The number of hydrogen-bond acceptors (Lipinski definition) is 3. The summed E-state index contributed by atoms with van der Waals surface area (Å²) in [6.45, 7) is 1.34. The largest absolute Gasteiger partial charge is 0.360 e. The molecule has 1 aliphatic rings. The van der Waals surface area contributed by atoms with Crippen molar-refractivity contribution in [3.8, 4) is 0 Å². The summed E-state index contributed by atoms with van der Waals surface area (Å²) in [7, 11) is 0. The lowest BCUT2D eigenvalue weighted by atomic mass is 9.97. The molecule has 2 aromatic carbocycles. The SMILES string of the molecule is CC(=O)N1c2ccccc2C(=O)C1(O)c1ccccc1. The van der Waals surface area contributed by atoms with Crippen LogP contribution in [0.4, 0.5) is 5.69 Å². The van der Waals surface area contributed by atoms with Crippen molar-refractivity contribution in [2.24, 2.45) is 0 Å². The standard InChI is InChI=1S/C16H13NO3/c1-11(18)17-14-10-6-5-9-13(14)15(19)16(17,20)12-7-3-2-4-8-12/h2-10,20H,1H3. The van der Waals surface area contributed by atoms with E-state index in [1.54, 1.807) is 54.6 Å². The molecule has 0 aromatic heterocycles. The van der Waals surface area contributed by atoms with Gasteiger partial charge in [-0.3, -0.25) is 14.5 Å². The van der Waals surface area contributed by atoms with E-state index in [4.69, 9.17) is 0 Å². The Kier molecular flexibility index (Phi) is 2.69. The second-order valence-corrected chi connectivity index (χ2v) is 4.74. The number of benzene rings is 2. The van der Waals surface area contributed by atoms with E-state index in [9.17, 15) is 14.7 Å². The third kappa shape index (κ3) is 1.52. The van der Waals surface area contributed by atoms with Gasteiger partial charge in [0.2, 0.25) is 17.4 Å². The fourth-order valence-electron chi connectivity index (χ4n) is 2.65. The molecule has 3 rings (SSSR count). The van der Waals surface area contributed by atoms with E-state index in [-0.39, 0.29) is 5.91 Å². The first kappa shape index (κ1) is 12.6. The van der Waals surface area contributed by atoms with Crippen molar-refractivity contribution in [3.63, 3.8) is 0 Å². The summed E-state index contributed by atoms with van der Waals surface area (Å²) in [6, 6.07) is 15.2. The van der Waals surface area contributed by atoms with Crippen LogP contribution in [0.2, 0.25) is 0 Å². The minimum atomic E-state index is -1.96. The minimum Gasteiger partial charge on any atom is -0.360 e. The van der Waals surface area contributed by atoms with Crippen molar-refractivity contribution < 1.29 is 14.7 Å². The van der Waals surface area contributed by atoms with E-state index in [1.165, 1.54) is 6.92 Å². The molecule has 0 aliphatic carbocycles. The lowest BCUT2D eigenvalue weighted by Crippen LogP contribution is -2.49. The highest BCUT2D eigenvalue weighted by molar-refractivity contribution is 6.19. The molecule has 0 fully saturated rings. The molecule has 2 aromatic rings. The van der Waals surface area contributed by atoms with Gasteiger partial charge >= 0.3 is 0 Å². The Morgan fingerprint density at radius 3 is 2.30 bits per heavy atom. The summed E-state index contributed by atoms with van der Waals surface area (Å²) in [5.74, 6) is -0.857. The van der Waals surface area contributed by atoms with Gasteiger partial charge < -0.3 is 5.11 Å². The van der Waals surface area contributed by atoms with Gasteiger partial charge in [-0.2, -0.15) is 0 Å². The lowest BCUT2D eigenvalue weighted by Gasteiger charge is -2.31. The van der Waals surface area contributed by atoms with Gasteiger partial charge in [0.25, 0.3) is 0 Å². The zero-order valence-electron chi connectivity index (χ0n) is 10.9. The maximum atomic E-state index is 12.6. The molecular weight excluding hydrogens is 254 g/mol. The second kappa shape index (κ2) is 4.28. The number of rotatable bonds is 1.